The first-order chi connectivity index (χ1) is 11.7. The van der Waals surface area contributed by atoms with E-state index in [9.17, 15) is 4.79 Å². The van der Waals surface area contributed by atoms with Crippen LogP contribution in [0.15, 0.2) is 23.4 Å². The minimum absolute atomic E-state index is 0.192. The fourth-order valence-electron chi connectivity index (χ4n) is 2.02. The Morgan fingerprint density at radius 2 is 1.83 bits per heavy atom. The monoisotopic (exact) mass is 324 g/mol. The van der Waals surface area contributed by atoms with Gasteiger partial charge < -0.3 is 19.5 Å². The second kappa shape index (κ2) is 7.53. The summed E-state index contributed by atoms with van der Waals surface area (Å²) in [7, 11) is 0. The van der Waals surface area contributed by atoms with Crippen LogP contribution in [0.3, 0.4) is 0 Å². The van der Waals surface area contributed by atoms with Crippen molar-refractivity contribution in [2.75, 3.05) is 25.1 Å². The molecule has 0 saturated heterocycles. The molecule has 1 N–H and O–H groups in total. The van der Waals surface area contributed by atoms with Gasteiger partial charge in [0.15, 0.2) is 17.1 Å². The van der Waals surface area contributed by atoms with Crippen molar-refractivity contribution in [1.82, 2.24) is 0 Å². The largest absolute Gasteiger partial charge is 0.485 e. The molecule has 1 aromatic carbocycles. The number of hydrogen-bond acceptors (Lipinski definition) is 8. The number of carbonyl (C=O) groups excluding carboxylic acids is 1. The summed E-state index contributed by atoms with van der Waals surface area (Å²) in [5.74, 6) is -0.149. The summed E-state index contributed by atoms with van der Waals surface area (Å²) in [6, 6.07) is 7.98. The number of ether oxygens (including phenoxy) is 3. The third kappa shape index (κ3) is 3.21. The van der Waals surface area contributed by atoms with Crippen LogP contribution in [0.1, 0.15) is 17.3 Å². The molecule has 1 heterocycles. The van der Waals surface area contributed by atoms with Gasteiger partial charge in [-0.15, -0.1) is 0 Å². The van der Waals surface area contributed by atoms with Crippen LogP contribution in [0, 0.1) is 34.0 Å². The molecule has 1 aliphatic heterocycles. The van der Waals surface area contributed by atoms with Gasteiger partial charge in [-0.3, -0.25) is 0 Å². The summed E-state index contributed by atoms with van der Waals surface area (Å²) in [4.78, 5) is 12.0. The van der Waals surface area contributed by atoms with Crippen molar-refractivity contribution >= 4 is 11.7 Å². The van der Waals surface area contributed by atoms with Gasteiger partial charge >= 0.3 is 5.97 Å². The molecule has 0 saturated carbocycles. The van der Waals surface area contributed by atoms with E-state index in [4.69, 9.17) is 30.0 Å². The molecular formula is C16H12N4O4. The van der Waals surface area contributed by atoms with E-state index in [0.29, 0.717) is 5.69 Å². The van der Waals surface area contributed by atoms with Crippen LogP contribution in [0.5, 0.6) is 11.5 Å². The number of nitrogens with one attached hydrogen (secondary N) is 1. The molecule has 0 spiro atoms. The molecular weight excluding hydrogens is 312 g/mol. The number of allylic oxidation sites excluding steroid dienone is 2. The summed E-state index contributed by atoms with van der Waals surface area (Å²) in [5, 5.41) is 29.6. The molecule has 1 aromatic rings. The van der Waals surface area contributed by atoms with E-state index in [1.54, 1.807) is 25.1 Å². The number of carbonyl (C=O) groups is 1. The number of fused-ring (bicyclic) bond motifs is 1. The van der Waals surface area contributed by atoms with Gasteiger partial charge in [-0.05, 0) is 19.1 Å². The fraction of sp³-hybridized carbons (Fsp3) is 0.250. The van der Waals surface area contributed by atoms with E-state index in [1.165, 1.54) is 12.1 Å². The Morgan fingerprint density at radius 1 is 1.17 bits per heavy atom. The molecule has 0 unspecified atom stereocenters. The van der Waals surface area contributed by atoms with Gasteiger partial charge in [0, 0.05) is 0 Å². The van der Waals surface area contributed by atoms with Crippen molar-refractivity contribution in [2.45, 2.75) is 6.92 Å². The summed E-state index contributed by atoms with van der Waals surface area (Å²) in [6.07, 6.45) is 0. The Morgan fingerprint density at radius 3 is 2.42 bits per heavy atom. The van der Waals surface area contributed by atoms with Crippen LogP contribution in [0.4, 0.5) is 5.69 Å². The lowest BCUT2D eigenvalue weighted by atomic mass is 10.1. The molecule has 0 radical (unpaired) electrons. The maximum absolute atomic E-state index is 12.0. The van der Waals surface area contributed by atoms with E-state index >= 15 is 0 Å². The predicted octanol–water partition coefficient (Wildman–Crippen LogP) is 1.87. The molecule has 8 nitrogen and oxygen atoms in total. The lowest BCUT2D eigenvalue weighted by molar-refractivity contribution is 0.0516. The highest BCUT2D eigenvalue weighted by molar-refractivity contribution is 5.95. The van der Waals surface area contributed by atoms with Crippen molar-refractivity contribution in [1.29, 1.82) is 15.8 Å². The topological polar surface area (TPSA) is 128 Å². The number of benzene rings is 1. The molecule has 0 aliphatic carbocycles. The normalized spacial score (nSPS) is 11.2. The molecule has 2 rings (SSSR count). The van der Waals surface area contributed by atoms with Gasteiger partial charge in [0.1, 0.15) is 42.7 Å². The SMILES string of the molecule is CCOC(=O)c1ccc(NC(C#N)=C(C#N)C#N)c2c1OCCO2. The van der Waals surface area contributed by atoms with Crippen molar-refractivity contribution in [3.05, 3.63) is 29.0 Å². The van der Waals surface area contributed by atoms with Gasteiger partial charge in [-0.2, -0.15) is 15.8 Å². The quantitative estimate of drug-likeness (QED) is 0.656. The first-order valence-electron chi connectivity index (χ1n) is 6.97. The van der Waals surface area contributed by atoms with E-state index in [1.807, 2.05) is 0 Å². The highest BCUT2D eigenvalue weighted by Gasteiger charge is 2.25. The van der Waals surface area contributed by atoms with Gasteiger partial charge in [-0.1, -0.05) is 0 Å². The number of nitrogens with zero attached hydrogens (tertiary/aromatic N) is 3. The van der Waals surface area contributed by atoms with E-state index in [0.717, 1.165) is 0 Å². The summed E-state index contributed by atoms with van der Waals surface area (Å²) in [6.45, 7) is 2.41. The zero-order chi connectivity index (χ0) is 17.5. The average Bonchev–Trinajstić information content (AvgIpc) is 2.61. The van der Waals surface area contributed by atoms with Gasteiger partial charge in [0.05, 0.1) is 12.3 Å². The van der Waals surface area contributed by atoms with Crippen molar-refractivity contribution in [3.8, 4) is 29.7 Å². The molecule has 0 aromatic heterocycles. The summed E-state index contributed by atoms with van der Waals surface area (Å²) in [5.41, 5.74) is -0.0876. The Kier molecular flexibility index (Phi) is 5.23. The first-order valence-corrected chi connectivity index (χ1v) is 6.97. The number of rotatable bonds is 4. The zero-order valence-corrected chi connectivity index (χ0v) is 12.8. The number of hydrogen-bond donors (Lipinski definition) is 1. The van der Waals surface area contributed by atoms with Crippen LogP contribution in [-0.4, -0.2) is 25.8 Å². The maximum Gasteiger partial charge on any atom is 0.342 e. The second-order valence-electron chi connectivity index (χ2n) is 4.45. The molecule has 120 valence electrons. The molecule has 8 heteroatoms. The van der Waals surface area contributed by atoms with Crippen LogP contribution in [0.2, 0.25) is 0 Å². The van der Waals surface area contributed by atoms with Crippen LogP contribution in [0.25, 0.3) is 0 Å². The maximum atomic E-state index is 12.0. The number of nitriles is 3. The molecule has 0 fully saturated rings. The molecule has 1 aliphatic rings. The Hall–Kier alpha value is -3.70. The second-order valence-corrected chi connectivity index (χ2v) is 4.45. The van der Waals surface area contributed by atoms with Gasteiger partial charge in [0.2, 0.25) is 0 Å². The van der Waals surface area contributed by atoms with Crippen LogP contribution >= 0.6 is 0 Å². The van der Waals surface area contributed by atoms with E-state index in [2.05, 4.69) is 5.32 Å². The summed E-state index contributed by atoms with van der Waals surface area (Å²) < 4.78 is 16.0. The zero-order valence-electron chi connectivity index (χ0n) is 12.8. The molecule has 0 atom stereocenters. The standard InChI is InChI=1S/C16H12N4O4/c1-2-22-16(21)11-3-4-12(15-14(11)23-5-6-24-15)20-13(9-19)10(7-17)8-18/h3-4,20H,2,5-6H2,1H3. The minimum atomic E-state index is -0.559. The number of anilines is 1. The van der Waals surface area contributed by atoms with Crippen LogP contribution < -0.4 is 14.8 Å². The van der Waals surface area contributed by atoms with Crippen molar-refractivity contribution in [3.63, 3.8) is 0 Å². The van der Waals surface area contributed by atoms with E-state index in [-0.39, 0.29) is 48.2 Å². The van der Waals surface area contributed by atoms with E-state index < -0.39 is 5.97 Å². The first kappa shape index (κ1) is 16.7. The minimum Gasteiger partial charge on any atom is -0.485 e. The molecule has 24 heavy (non-hydrogen) atoms. The smallest absolute Gasteiger partial charge is 0.342 e. The highest BCUT2D eigenvalue weighted by atomic mass is 16.6. The number of esters is 1. The van der Waals surface area contributed by atoms with Gasteiger partial charge in [-0.25, -0.2) is 4.79 Å². The highest BCUT2D eigenvalue weighted by Crippen LogP contribution is 2.41. The lowest BCUT2D eigenvalue weighted by Crippen LogP contribution is -2.20. The Balaban J connectivity index is 2.49. The summed E-state index contributed by atoms with van der Waals surface area (Å²) >= 11 is 0. The third-order valence-corrected chi connectivity index (χ3v) is 3.03. The van der Waals surface area contributed by atoms with Crippen molar-refractivity contribution in [2.24, 2.45) is 0 Å². The average molecular weight is 324 g/mol. The molecule has 0 bridgehead atoms. The fourth-order valence-corrected chi connectivity index (χ4v) is 2.02. The third-order valence-electron chi connectivity index (χ3n) is 3.03. The molecule has 0 amide bonds. The Labute approximate surface area is 138 Å². The lowest BCUT2D eigenvalue weighted by Gasteiger charge is -2.23. The predicted molar refractivity (Wildman–Crippen MR) is 80.9 cm³/mol. The van der Waals surface area contributed by atoms with Crippen molar-refractivity contribution < 1.29 is 19.0 Å². The Bertz CT molecular complexity index is 808. The van der Waals surface area contributed by atoms with Crippen LogP contribution in [-0.2, 0) is 4.74 Å². The van der Waals surface area contributed by atoms with Gasteiger partial charge in [0.25, 0.3) is 0 Å².